The Morgan fingerprint density at radius 3 is 2.26 bits per heavy atom. The predicted molar refractivity (Wildman–Crippen MR) is 112 cm³/mol. The molecule has 1 unspecified atom stereocenters. The first-order valence-electron chi connectivity index (χ1n) is 9.52. The van der Waals surface area contributed by atoms with E-state index in [2.05, 4.69) is 43.4 Å². The van der Waals surface area contributed by atoms with E-state index in [-0.39, 0.29) is 5.75 Å². The van der Waals surface area contributed by atoms with Crippen molar-refractivity contribution in [3.8, 4) is 11.5 Å². The normalized spacial score (nSPS) is 16.9. The van der Waals surface area contributed by atoms with Gasteiger partial charge >= 0.3 is 0 Å². The van der Waals surface area contributed by atoms with Crippen molar-refractivity contribution in [1.82, 2.24) is 0 Å². The molecular weight excluding hydrogens is 334 g/mol. The van der Waals surface area contributed by atoms with E-state index in [0.29, 0.717) is 19.1 Å². The van der Waals surface area contributed by atoms with Crippen molar-refractivity contribution in [1.29, 1.82) is 0 Å². The number of ether oxygens (including phenoxy) is 1. The van der Waals surface area contributed by atoms with E-state index < -0.39 is 0 Å². The maximum atomic E-state index is 9.71. The summed E-state index contributed by atoms with van der Waals surface area (Å²) in [6, 6.07) is 15.7. The zero-order valence-electron chi connectivity index (χ0n) is 15.8. The van der Waals surface area contributed by atoms with Crippen molar-refractivity contribution in [2.75, 3.05) is 13.2 Å². The molecular formula is C24H27NO2. The van der Waals surface area contributed by atoms with Gasteiger partial charge in [0.2, 0.25) is 0 Å². The van der Waals surface area contributed by atoms with Crippen molar-refractivity contribution in [3.63, 3.8) is 0 Å². The highest BCUT2D eigenvalue weighted by Gasteiger charge is 2.18. The Labute approximate surface area is 161 Å². The fraction of sp³-hybridized carbons (Fsp3) is 0.250. The second-order valence-corrected chi connectivity index (χ2v) is 6.62. The number of hydrogen-bond donors (Lipinski definition) is 2. The highest BCUT2D eigenvalue weighted by atomic mass is 16.5. The lowest BCUT2D eigenvalue weighted by atomic mass is 9.82. The summed E-state index contributed by atoms with van der Waals surface area (Å²) in [5.41, 5.74) is 10.4. The maximum absolute atomic E-state index is 9.71. The molecule has 2 aromatic rings. The minimum atomic E-state index is 0.280. The summed E-state index contributed by atoms with van der Waals surface area (Å²) in [6.45, 7) is 3.22. The van der Waals surface area contributed by atoms with Gasteiger partial charge in [-0.2, -0.15) is 0 Å². The van der Waals surface area contributed by atoms with Crippen molar-refractivity contribution >= 4 is 5.57 Å². The van der Waals surface area contributed by atoms with Crippen molar-refractivity contribution in [2.24, 2.45) is 11.7 Å². The van der Waals surface area contributed by atoms with E-state index in [1.165, 1.54) is 11.1 Å². The quantitative estimate of drug-likeness (QED) is 0.723. The molecule has 0 bridgehead atoms. The summed E-state index contributed by atoms with van der Waals surface area (Å²) in [4.78, 5) is 0. The minimum absolute atomic E-state index is 0.280. The Hall–Kier alpha value is -2.78. The molecule has 2 aromatic carbocycles. The first kappa shape index (κ1) is 19.0. The number of aromatic hydroxyl groups is 1. The fourth-order valence-electron chi connectivity index (χ4n) is 3.52. The first-order chi connectivity index (χ1) is 13.2. The van der Waals surface area contributed by atoms with Gasteiger partial charge in [-0.1, -0.05) is 61.1 Å². The minimum Gasteiger partial charge on any atom is -0.508 e. The number of rotatable bonds is 7. The molecule has 0 saturated carbocycles. The number of nitrogens with two attached hydrogens (primary N) is 1. The summed E-state index contributed by atoms with van der Waals surface area (Å²) >= 11 is 0. The summed E-state index contributed by atoms with van der Waals surface area (Å²) in [6.07, 6.45) is 10.7. The molecule has 3 nitrogen and oxygen atoms in total. The molecule has 0 saturated heterocycles. The highest BCUT2D eigenvalue weighted by molar-refractivity contribution is 5.83. The Bertz CT molecular complexity index is 830. The van der Waals surface area contributed by atoms with Gasteiger partial charge < -0.3 is 15.6 Å². The molecule has 0 heterocycles. The number of hydrogen-bond acceptors (Lipinski definition) is 3. The summed E-state index contributed by atoms with van der Waals surface area (Å²) in [7, 11) is 0. The molecule has 0 aliphatic heterocycles. The lowest BCUT2D eigenvalue weighted by Gasteiger charge is -2.22. The molecule has 0 radical (unpaired) electrons. The van der Waals surface area contributed by atoms with Crippen LogP contribution in [0.15, 0.2) is 78.4 Å². The third-order valence-electron chi connectivity index (χ3n) is 4.82. The predicted octanol–water partition coefficient (Wildman–Crippen LogP) is 5.07. The topological polar surface area (TPSA) is 55.5 Å². The molecule has 0 aromatic heterocycles. The number of phenols is 1. The molecule has 27 heavy (non-hydrogen) atoms. The van der Waals surface area contributed by atoms with E-state index in [1.54, 1.807) is 12.1 Å². The van der Waals surface area contributed by atoms with Crippen LogP contribution in [0.4, 0.5) is 0 Å². The zero-order valence-corrected chi connectivity index (χ0v) is 15.8. The van der Waals surface area contributed by atoms with E-state index in [9.17, 15) is 5.11 Å². The van der Waals surface area contributed by atoms with Crippen molar-refractivity contribution in [3.05, 3.63) is 89.5 Å². The van der Waals surface area contributed by atoms with Crippen LogP contribution >= 0.6 is 0 Å². The molecule has 0 amide bonds. The van der Waals surface area contributed by atoms with Crippen LogP contribution in [-0.2, 0) is 0 Å². The van der Waals surface area contributed by atoms with Gasteiger partial charge in [-0.15, -0.1) is 0 Å². The molecule has 0 spiro atoms. The van der Waals surface area contributed by atoms with Crippen LogP contribution in [0.1, 0.15) is 30.9 Å². The average Bonchev–Trinajstić information content (AvgIpc) is 2.72. The molecule has 0 fully saturated rings. The maximum Gasteiger partial charge on any atom is 0.119 e. The molecule has 3 N–H and O–H groups in total. The Balaban J connectivity index is 2.06. The molecule has 140 valence electrons. The molecule has 1 aliphatic rings. The first-order valence-corrected chi connectivity index (χ1v) is 9.52. The number of benzene rings is 2. The Morgan fingerprint density at radius 2 is 1.70 bits per heavy atom. The van der Waals surface area contributed by atoms with Gasteiger partial charge in [0.25, 0.3) is 0 Å². The van der Waals surface area contributed by atoms with Crippen LogP contribution in [0.5, 0.6) is 11.5 Å². The van der Waals surface area contributed by atoms with Crippen LogP contribution < -0.4 is 10.5 Å². The van der Waals surface area contributed by atoms with Gasteiger partial charge in [-0.05, 0) is 53.8 Å². The monoisotopic (exact) mass is 361 g/mol. The third-order valence-corrected chi connectivity index (χ3v) is 4.82. The van der Waals surface area contributed by atoms with Crippen LogP contribution in [0.2, 0.25) is 0 Å². The van der Waals surface area contributed by atoms with Crippen molar-refractivity contribution in [2.45, 2.75) is 19.8 Å². The Kier molecular flexibility index (Phi) is 6.50. The Morgan fingerprint density at radius 1 is 1.04 bits per heavy atom. The van der Waals surface area contributed by atoms with Crippen LogP contribution in [-0.4, -0.2) is 18.3 Å². The molecule has 1 atom stereocenters. The summed E-state index contributed by atoms with van der Waals surface area (Å²) in [5.74, 6) is 1.49. The average molecular weight is 361 g/mol. The van der Waals surface area contributed by atoms with E-state index in [4.69, 9.17) is 10.5 Å². The van der Waals surface area contributed by atoms with Crippen molar-refractivity contribution < 1.29 is 9.84 Å². The number of allylic oxidation sites excluding steroid dienone is 5. The van der Waals surface area contributed by atoms with Gasteiger partial charge in [0, 0.05) is 12.5 Å². The lowest BCUT2D eigenvalue weighted by molar-refractivity contribution is 0.328. The SMILES string of the molecule is CC/C(=C(/c1ccc(O)cc1)c1ccc(OCCN)cc1)C1C=CC=CC1. The van der Waals surface area contributed by atoms with Gasteiger partial charge in [0.05, 0.1) is 0 Å². The third kappa shape index (κ3) is 4.69. The lowest BCUT2D eigenvalue weighted by Crippen LogP contribution is -2.10. The second-order valence-electron chi connectivity index (χ2n) is 6.62. The second kappa shape index (κ2) is 9.24. The standard InChI is InChI=1S/C24H27NO2/c1-2-23(18-6-4-3-5-7-18)24(19-8-12-21(26)13-9-19)20-10-14-22(15-11-20)27-17-16-25/h3-6,8-15,18,26H,2,7,16-17,25H2,1H3/b24-23+. The fourth-order valence-corrected chi connectivity index (χ4v) is 3.52. The highest BCUT2D eigenvalue weighted by Crippen LogP contribution is 2.36. The largest absolute Gasteiger partial charge is 0.508 e. The van der Waals surface area contributed by atoms with Gasteiger partial charge in [0.15, 0.2) is 0 Å². The van der Waals surface area contributed by atoms with Crippen LogP contribution in [0.25, 0.3) is 5.57 Å². The van der Waals surface area contributed by atoms with E-state index in [0.717, 1.165) is 29.7 Å². The molecule has 3 rings (SSSR count). The summed E-state index contributed by atoms with van der Waals surface area (Å²) < 4.78 is 5.62. The van der Waals surface area contributed by atoms with Gasteiger partial charge in [0.1, 0.15) is 18.1 Å². The van der Waals surface area contributed by atoms with Crippen LogP contribution in [0.3, 0.4) is 0 Å². The van der Waals surface area contributed by atoms with Crippen LogP contribution in [0, 0.1) is 5.92 Å². The number of phenolic OH excluding ortho intramolecular Hbond substituents is 1. The van der Waals surface area contributed by atoms with Gasteiger partial charge in [-0.3, -0.25) is 0 Å². The molecule has 1 aliphatic carbocycles. The molecule has 3 heteroatoms. The van der Waals surface area contributed by atoms with Gasteiger partial charge in [-0.25, -0.2) is 0 Å². The zero-order chi connectivity index (χ0) is 19.1. The van der Waals surface area contributed by atoms with E-state index >= 15 is 0 Å². The smallest absolute Gasteiger partial charge is 0.119 e. The summed E-state index contributed by atoms with van der Waals surface area (Å²) in [5, 5.41) is 9.71. The van der Waals surface area contributed by atoms with E-state index in [1.807, 2.05) is 24.3 Å².